The average Bonchev–Trinajstić information content (AvgIpc) is 4.02. The normalized spacial score (nSPS) is 11.3. The van der Waals surface area contributed by atoms with E-state index in [1.54, 1.807) is 0 Å². The Hall–Kier alpha value is -7.24. The monoisotopic (exact) mass is 802 g/mol. The van der Waals surface area contributed by atoms with Crippen molar-refractivity contribution in [2.45, 2.75) is 0 Å². The maximum absolute atomic E-state index is 2.44. The Labute approximate surface area is 358 Å². The van der Waals surface area contributed by atoms with Gasteiger partial charge in [0, 0.05) is 63.8 Å². The van der Waals surface area contributed by atoms with E-state index < -0.39 is 0 Å². The maximum Gasteiger partial charge on any atom is 0.0620 e. The Morgan fingerprint density at radius 2 is 0.667 bits per heavy atom. The van der Waals surface area contributed by atoms with Crippen molar-refractivity contribution < 1.29 is 0 Å². The summed E-state index contributed by atoms with van der Waals surface area (Å²) in [6.45, 7) is 0. The Morgan fingerprint density at radius 3 is 1.22 bits per heavy atom. The number of rotatable bonds is 9. The summed E-state index contributed by atoms with van der Waals surface area (Å²) in [4.78, 5) is 9.95. The lowest BCUT2D eigenvalue weighted by molar-refractivity contribution is 1.29. The van der Waals surface area contributed by atoms with Crippen LogP contribution in [0.3, 0.4) is 0 Å². The largest absolute Gasteiger partial charge is 0.309 e. The van der Waals surface area contributed by atoms with E-state index in [4.69, 9.17) is 0 Å². The van der Waals surface area contributed by atoms with Crippen LogP contribution in [0.25, 0.3) is 63.0 Å². The average molecular weight is 803 g/mol. The minimum Gasteiger partial charge on any atom is -0.309 e. The molecule has 11 rings (SSSR count). The molecule has 0 amide bonds. The number of thiophene rings is 2. The molecule has 0 saturated carbocycles. The van der Waals surface area contributed by atoms with Gasteiger partial charge in [-0.3, -0.25) is 0 Å². The molecule has 2 nitrogen and oxygen atoms in total. The molecule has 11 aromatic rings. The van der Waals surface area contributed by atoms with Gasteiger partial charge in [0.1, 0.15) is 0 Å². The summed E-state index contributed by atoms with van der Waals surface area (Å²) in [5, 5.41) is 7.26. The lowest BCUT2D eigenvalue weighted by Gasteiger charge is -2.33. The fraction of sp³-hybridized carbons (Fsp3) is 0. The second-order valence-electron chi connectivity index (χ2n) is 14.9. The van der Waals surface area contributed by atoms with E-state index in [-0.39, 0.29) is 0 Å². The van der Waals surface area contributed by atoms with Gasteiger partial charge in [0.15, 0.2) is 0 Å². The van der Waals surface area contributed by atoms with Crippen molar-refractivity contribution in [3.63, 3.8) is 0 Å². The summed E-state index contributed by atoms with van der Waals surface area (Å²) >= 11 is 3.73. The quantitative estimate of drug-likeness (QED) is 0.106. The first kappa shape index (κ1) is 35.9. The van der Waals surface area contributed by atoms with E-state index in [1.165, 1.54) is 63.0 Å². The summed E-state index contributed by atoms with van der Waals surface area (Å²) < 4.78 is 0. The van der Waals surface area contributed by atoms with Gasteiger partial charge in [0.25, 0.3) is 0 Å². The van der Waals surface area contributed by atoms with Gasteiger partial charge in [-0.25, -0.2) is 0 Å². The lowest BCUT2D eigenvalue weighted by atomic mass is 9.94. The van der Waals surface area contributed by atoms with Crippen molar-refractivity contribution in [2.75, 3.05) is 9.80 Å². The van der Waals surface area contributed by atoms with Crippen molar-refractivity contribution in [2.24, 2.45) is 0 Å². The predicted molar refractivity (Wildman–Crippen MR) is 260 cm³/mol. The van der Waals surface area contributed by atoms with Gasteiger partial charge in [-0.2, -0.15) is 0 Å². The van der Waals surface area contributed by atoms with E-state index in [2.05, 4.69) is 240 Å². The van der Waals surface area contributed by atoms with E-state index in [1.807, 2.05) is 22.7 Å². The molecule has 0 saturated heterocycles. The second kappa shape index (κ2) is 15.5. The molecule has 0 aliphatic rings. The predicted octanol–water partition coefficient (Wildman–Crippen LogP) is 17.2. The zero-order valence-electron chi connectivity index (χ0n) is 32.7. The van der Waals surface area contributed by atoms with Gasteiger partial charge in [-0.1, -0.05) is 152 Å². The Morgan fingerprint density at radius 1 is 0.267 bits per heavy atom. The van der Waals surface area contributed by atoms with Crippen LogP contribution in [-0.2, 0) is 0 Å². The summed E-state index contributed by atoms with van der Waals surface area (Å²) in [6, 6.07) is 83.5. The van der Waals surface area contributed by atoms with Crippen molar-refractivity contribution in [3.05, 3.63) is 231 Å². The lowest BCUT2D eigenvalue weighted by Crippen LogP contribution is -2.14. The van der Waals surface area contributed by atoms with Crippen LogP contribution in [0, 0.1) is 0 Å². The SMILES string of the molecule is c1ccc(N(c2ccccc2)c2c3ccccc3c(N(c3ccccc3)c3ccccc3)c3cc(-c4ccc(-c5ccc(-c6cccc7ccccc67)s5)s4)ccc23)cc1. The van der Waals surface area contributed by atoms with Crippen LogP contribution in [0.2, 0.25) is 0 Å². The minimum absolute atomic E-state index is 1.11. The van der Waals surface area contributed by atoms with Gasteiger partial charge in [-0.15, -0.1) is 22.7 Å². The third-order valence-electron chi connectivity index (χ3n) is 11.3. The first-order valence-corrected chi connectivity index (χ1v) is 21.9. The smallest absolute Gasteiger partial charge is 0.0620 e. The summed E-state index contributed by atoms with van der Waals surface area (Å²) in [7, 11) is 0. The van der Waals surface area contributed by atoms with Crippen molar-refractivity contribution in [1.29, 1.82) is 0 Å². The third-order valence-corrected chi connectivity index (χ3v) is 13.7. The van der Waals surface area contributed by atoms with Crippen LogP contribution in [0.1, 0.15) is 0 Å². The number of hydrogen-bond acceptors (Lipinski definition) is 4. The number of hydrogen-bond donors (Lipinski definition) is 0. The second-order valence-corrected chi connectivity index (χ2v) is 17.0. The first-order chi connectivity index (χ1) is 29.8. The topological polar surface area (TPSA) is 6.48 Å². The standard InChI is InChI=1S/C56H38N2S2/c1-5-20-41(21-6-1)57(42-22-7-2-8-23-42)55-47-29-15-16-30-48(47)56(58(43-24-9-3-10-25-43)44-26-11-4-12-27-44)50-38-40(32-33-49(50)55)51-34-36-53(59-51)54-37-35-52(60-54)46-31-17-19-39-18-13-14-28-45(39)46/h1-38H. The highest BCUT2D eigenvalue weighted by molar-refractivity contribution is 7.25. The Bertz CT molecular complexity index is 3180. The molecule has 0 bridgehead atoms. The van der Waals surface area contributed by atoms with Crippen LogP contribution in [0.4, 0.5) is 34.1 Å². The van der Waals surface area contributed by atoms with Crippen molar-refractivity contribution in [3.8, 4) is 30.6 Å². The zero-order chi connectivity index (χ0) is 39.8. The molecule has 0 spiro atoms. The van der Waals surface area contributed by atoms with E-state index in [0.717, 1.165) is 34.1 Å². The Kier molecular flexibility index (Phi) is 9.27. The van der Waals surface area contributed by atoms with Crippen molar-refractivity contribution >= 4 is 89.1 Å². The number of fused-ring (bicyclic) bond motifs is 3. The Balaban J connectivity index is 1.14. The fourth-order valence-corrected chi connectivity index (χ4v) is 10.7. The minimum atomic E-state index is 1.11. The van der Waals surface area contributed by atoms with Crippen LogP contribution >= 0.6 is 22.7 Å². The van der Waals surface area contributed by atoms with Gasteiger partial charge in [0.05, 0.1) is 11.4 Å². The zero-order valence-corrected chi connectivity index (χ0v) is 34.3. The summed E-state index contributed by atoms with van der Waals surface area (Å²) in [5.41, 5.74) is 9.21. The number of anilines is 6. The number of benzene rings is 9. The molecule has 0 radical (unpaired) electrons. The van der Waals surface area contributed by atoms with Crippen LogP contribution in [0.5, 0.6) is 0 Å². The number of nitrogens with zero attached hydrogens (tertiary/aromatic N) is 2. The molecule has 0 unspecified atom stereocenters. The number of para-hydroxylation sites is 4. The molecule has 0 aliphatic carbocycles. The molecule has 0 atom stereocenters. The van der Waals surface area contributed by atoms with Gasteiger partial charge in [0.2, 0.25) is 0 Å². The first-order valence-electron chi connectivity index (χ1n) is 20.3. The van der Waals surface area contributed by atoms with Crippen LogP contribution < -0.4 is 9.80 Å². The maximum atomic E-state index is 2.44. The van der Waals surface area contributed by atoms with E-state index >= 15 is 0 Å². The molecular formula is C56H38N2S2. The third kappa shape index (κ3) is 6.43. The van der Waals surface area contributed by atoms with Crippen molar-refractivity contribution in [1.82, 2.24) is 0 Å². The highest BCUT2D eigenvalue weighted by Gasteiger charge is 2.26. The molecule has 60 heavy (non-hydrogen) atoms. The van der Waals surface area contributed by atoms with E-state index in [0.29, 0.717) is 0 Å². The summed E-state index contributed by atoms with van der Waals surface area (Å²) in [6.07, 6.45) is 0. The molecule has 2 heterocycles. The highest BCUT2D eigenvalue weighted by atomic mass is 32.1. The molecule has 284 valence electrons. The molecule has 4 heteroatoms. The van der Waals surface area contributed by atoms with E-state index in [9.17, 15) is 0 Å². The molecular weight excluding hydrogens is 765 g/mol. The van der Waals surface area contributed by atoms with Crippen LogP contribution in [0.15, 0.2) is 231 Å². The van der Waals surface area contributed by atoms with Crippen LogP contribution in [-0.4, -0.2) is 0 Å². The molecule has 0 N–H and O–H groups in total. The molecule has 2 aromatic heterocycles. The molecule has 9 aromatic carbocycles. The molecule has 0 fully saturated rings. The molecule has 0 aliphatic heterocycles. The van der Waals surface area contributed by atoms with Gasteiger partial charge < -0.3 is 9.80 Å². The fourth-order valence-electron chi connectivity index (χ4n) is 8.57. The highest BCUT2D eigenvalue weighted by Crippen LogP contribution is 2.52. The van der Waals surface area contributed by atoms with Gasteiger partial charge in [-0.05, 0) is 101 Å². The van der Waals surface area contributed by atoms with Gasteiger partial charge >= 0.3 is 0 Å². The summed E-state index contributed by atoms with van der Waals surface area (Å²) in [5.74, 6) is 0.